The molecule has 2 bridgehead atoms. The van der Waals surface area contributed by atoms with Crippen molar-refractivity contribution in [3.05, 3.63) is 83.6 Å². The van der Waals surface area contributed by atoms with E-state index in [1.54, 1.807) is 0 Å². The van der Waals surface area contributed by atoms with Gasteiger partial charge in [0.25, 0.3) is 0 Å². The van der Waals surface area contributed by atoms with Crippen LogP contribution < -0.4 is 5.32 Å². The Morgan fingerprint density at radius 2 is 1.58 bits per heavy atom. The van der Waals surface area contributed by atoms with Crippen LogP contribution in [-0.4, -0.2) is 6.21 Å². The molecular weight excluding hydrogens is 292 g/mol. The van der Waals surface area contributed by atoms with Gasteiger partial charge < -0.3 is 5.32 Å². The number of rotatable bonds is 4. The summed E-state index contributed by atoms with van der Waals surface area (Å²) in [5.74, 6) is 1.40. The highest BCUT2D eigenvalue weighted by molar-refractivity contribution is 5.85. The van der Waals surface area contributed by atoms with E-state index in [9.17, 15) is 0 Å². The molecule has 0 heterocycles. The van der Waals surface area contributed by atoms with Gasteiger partial charge in [0.15, 0.2) is 0 Å². The van der Waals surface area contributed by atoms with Crippen LogP contribution in [0.5, 0.6) is 0 Å². The van der Waals surface area contributed by atoms with E-state index < -0.39 is 0 Å². The van der Waals surface area contributed by atoms with Crippen LogP contribution in [0, 0.1) is 11.8 Å². The second-order valence-electron chi connectivity index (χ2n) is 6.65. The molecular formula is C22H22N2. The topological polar surface area (TPSA) is 24.4 Å². The number of hydrogen-bond donors (Lipinski definition) is 1. The number of nitrogens with one attached hydrogen (secondary N) is 1. The first kappa shape index (κ1) is 14.9. The smallest absolute Gasteiger partial charge is 0.0629 e. The number of aliphatic imine (C=N–C) groups is 1. The monoisotopic (exact) mass is 314 g/mol. The molecule has 3 aliphatic rings. The van der Waals surface area contributed by atoms with Crippen LogP contribution in [0.25, 0.3) is 0 Å². The van der Waals surface area contributed by atoms with Gasteiger partial charge in [-0.05, 0) is 72.6 Å². The van der Waals surface area contributed by atoms with Gasteiger partial charge in [0, 0.05) is 18.1 Å². The van der Waals surface area contributed by atoms with Crippen molar-refractivity contribution in [2.75, 3.05) is 5.32 Å². The molecule has 5 rings (SSSR count). The third-order valence-electron chi connectivity index (χ3n) is 5.16. The van der Waals surface area contributed by atoms with E-state index in [-0.39, 0.29) is 0 Å². The number of allylic oxidation sites excluding steroid dienone is 3. The first-order valence-corrected chi connectivity index (χ1v) is 8.63. The maximum atomic E-state index is 4.68. The molecule has 2 aromatic rings. The third-order valence-corrected chi connectivity index (χ3v) is 5.16. The Morgan fingerprint density at radius 3 is 2.29 bits per heavy atom. The molecule has 0 spiro atoms. The molecule has 2 heteroatoms. The predicted molar refractivity (Wildman–Crippen MR) is 102 cm³/mol. The highest BCUT2D eigenvalue weighted by Gasteiger charge is 2.40. The lowest BCUT2D eigenvalue weighted by Crippen LogP contribution is -2.34. The van der Waals surface area contributed by atoms with Crippen LogP contribution in [0.2, 0.25) is 0 Å². The number of benzene rings is 2. The Kier molecular flexibility index (Phi) is 4.04. The van der Waals surface area contributed by atoms with Crippen LogP contribution in [0.3, 0.4) is 0 Å². The van der Waals surface area contributed by atoms with Crippen molar-refractivity contribution in [1.82, 2.24) is 0 Å². The van der Waals surface area contributed by atoms with Gasteiger partial charge >= 0.3 is 0 Å². The van der Waals surface area contributed by atoms with Crippen LogP contribution >= 0.6 is 0 Å². The number of anilines is 1. The van der Waals surface area contributed by atoms with Crippen molar-refractivity contribution >= 4 is 17.6 Å². The molecule has 0 radical (unpaired) electrons. The van der Waals surface area contributed by atoms with Gasteiger partial charge in [-0.3, -0.25) is 4.99 Å². The molecule has 1 N–H and O–H groups in total. The van der Waals surface area contributed by atoms with Crippen LogP contribution in [-0.2, 0) is 0 Å². The summed E-state index contributed by atoms with van der Waals surface area (Å²) in [6.45, 7) is 2.24. The van der Waals surface area contributed by atoms with Crippen molar-refractivity contribution in [3.63, 3.8) is 0 Å². The summed E-state index contributed by atoms with van der Waals surface area (Å²) in [5.41, 5.74) is 6.40. The van der Waals surface area contributed by atoms with E-state index in [2.05, 4.69) is 53.9 Å². The summed E-state index contributed by atoms with van der Waals surface area (Å²) in [5, 5.41) is 3.45. The lowest BCUT2D eigenvalue weighted by Gasteiger charge is -2.44. The first-order chi connectivity index (χ1) is 11.8. The largest absolute Gasteiger partial charge is 0.361 e. The lowest BCUT2D eigenvalue weighted by atomic mass is 9.60. The van der Waals surface area contributed by atoms with Crippen molar-refractivity contribution in [3.8, 4) is 0 Å². The van der Waals surface area contributed by atoms with Crippen LogP contribution in [0.4, 0.5) is 11.4 Å². The zero-order valence-electron chi connectivity index (χ0n) is 13.9. The minimum absolute atomic E-state index is 0.691. The van der Waals surface area contributed by atoms with Crippen molar-refractivity contribution in [2.24, 2.45) is 16.8 Å². The average Bonchev–Trinajstić information content (AvgIpc) is 2.60. The molecule has 24 heavy (non-hydrogen) atoms. The van der Waals surface area contributed by atoms with Crippen molar-refractivity contribution in [1.29, 1.82) is 0 Å². The molecule has 0 aromatic heterocycles. The third kappa shape index (κ3) is 2.92. The van der Waals surface area contributed by atoms with Crippen LogP contribution in [0.1, 0.15) is 19.8 Å². The second-order valence-corrected chi connectivity index (χ2v) is 6.65. The summed E-state index contributed by atoms with van der Waals surface area (Å²) in [6.07, 6.45) is 6.80. The van der Waals surface area contributed by atoms with E-state index in [0.29, 0.717) is 11.8 Å². The second kappa shape index (κ2) is 6.48. The van der Waals surface area contributed by atoms with Gasteiger partial charge in [-0.1, -0.05) is 36.4 Å². The van der Waals surface area contributed by atoms with E-state index in [1.165, 1.54) is 29.6 Å². The summed E-state index contributed by atoms with van der Waals surface area (Å²) in [7, 11) is 0. The molecule has 0 unspecified atom stereocenters. The predicted octanol–water partition coefficient (Wildman–Crippen LogP) is 5.74. The fourth-order valence-corrected chi connectivity index (χ4v) is 3.69. The standard InChI is InChI=1S/C22H22N2/c1-16-21(14-23-19-8-4-2-5-9-19)17-12-18(13-17)22(16)15-24-20-10-6-3-7-11-20/h2-11,14-15,17-18,23H,12-13H2,1H3/b21-14-,24-15+. The number of nitrogens with zero attached hydrogens (tertiary/aromatic N) is 1. The van der Waals surface area contributed by atoms with Gasteiger partial charge in [0.1, 0.15) is 0 Å². The minimum Gasteiger partial charge on any atom is -0.361 e. The van der Waals surface area contributed by atoms with Gasteiger partial charge in [-0.25, -0.2) is 0 Å². The zero-order chi connectivity index (χ0) is 16.4. The van der Waals surface area contributed by atoms with Crippen molar-refractivity contribution < 1.29 is 0 Å². The first-order valence-electron chi connectivity index (χ1n) is 8.63. The summed E-state index contributed by atoms with van der Waals surface area (Å²) in [6, 6.07) is 20.5. The number of hydrogen-bond acceptors (Lipinski definition) is 2. The lowest BCUT2D eigenvalue weighted by molar-refractivity contribution is 0.259. The maximum Gasteiger partial charge on any atom is 0.0629 e. The SMILES string of the molecule is CC1=C(/C=N/c2ccccc2)C2CC(C2)/C1=C\Nc1ccccc1. The summed E-state index contributed by atoms with van der Waals surface area (Å²) in [4.78, 5) is 4.68. The molecule has 3 aliphatic carbocycles. The van der Waals surface area contributed by atoms with Gasteiger partial charge in [-0.15, -0.1) is 0 Å². The zero-order valence-corrected chi connectivity index (χ0v) is 13.9. The Labute approximate surface area is 143 Å². The molecule has 0 aliphatic heterocycles. The molecule has 1 saturated carbocycles. The summed E-state index contributed by atoms with van der Waals surface area (Å²) < 4.78 is 0. The highest BCUT2D eigenvalue weighted by Crippen LogP contribution is 2.51. The van der Waals surface area contributed by atoms with Gasteiger partial charge in [0.05, 0.1) is 5.69 Å². The quantitative estimate of drug-likeness (QED) is 0.715. The van der Waals surface area contributed by atoms with E-state index in [4.69, 9.17) is 0 Å². The molecule has 2 nitrogen and oxygen atoms in total. The van der Waals surface area contributed by atoms with Gasteiger partial charge in [0.2, 0.25) is 0 Å². The Bertz CT molecular complexity index is 794. The Balaban J connectivity index is 1.58. The highest BCUT2D eigenvalue weighted by atomic mass is 14.8. The molecule has 0 atom stereocenters. The van der Waals surface area contributed by atoms with Crippen molar-refractivity contribution in [2.45, 2.75) is 19.8 Å². The normalized spacial score (nSPS) is 24.3. The molecule has 0 amide bonds. The maximum absolute atomic E-state index is 4.68. The summed E-state index contributed by atoms with van der Waals surface area (Å²) >= 11 is 0. The Morgan fingerprint density at radius 1 is 0.917 bits per heavy atom. The average molecular weight is 314 g/mol. The van der Waals surface area contributed by atoms with E-state index in [1.807, 2.05) is 36.4 Å². The molecule has 1 fully saturated rings. The van der Waals surface area contributed by atoms with Crippen LogP contribution in [0.15, 0.2) is 88.6 Å². The number of para-hydroxylation sites is 2. The fourth-order valence-electron chi connectivity index (χ4n) is 3.69. The molecule has 0 saturated heterocycles. The molecule has 120 valence electrons. The van der Waals surface area contributed by atoms with Gasteiger partial charge in [-0.2, -0.15) is 0 Å². The number of fused-ring (bicyclic) bond motifs is 1. The molecule has 2 aromatic carbocycles. The van der Waals surface area contributed by atoms with E-state index in [0.717, 1.165) is 11.4 Å². The van der Waals surface area contributed by atoms with E-state index >= 15 is 0 Å². The Hall–Kier alpha value is -2.61. The fraction of sp³-hybridized carbons (Fsp3) is 0.227. The minimum atomic E-state index is 0.691.